The standard InChI is InChI=1S/C19H17ClN2O2S2/c1-25-14-6-7-17-15(10-14)16(20)11-19(21-17)22-8-9-26(23,24)18-5-3-2-4-13(18)12-22/h2-7,10-11H,8-9,12H2,1H3. The summed E-state index contributed by atoms with van der Waals surface area (Å²) in [7, 11) is -3.29. The lowest BCUT2D eigenvalue weighted by Gasteiger charge is -2.22. The zero-order chi connectivity index (χ0) is 18.3. The summed E-state index contributed by atoms with van der Waals surface area (Å²) >= 11 is 8.17. The van der Waals surface area contributed by atoms with Crippen molar-refractivity contribution in [2.75, 3.05) is 23.5 Å². The monoisotopic (exact) mass is 404 g/mol. The predicted molar refractivity (Wildman–Crippen MR) is 108 cm³/mol. The van der Waals surface area contributed by atoms with Gasteiger partial charge in [0.2, 0.25) is 0 Å². The topological polar surface area (TPSA) is 50.3 Å². The van der Waals surface area contributed by atoms with Crippen molar-refractivity contribution in [1.29, 1.82) is 0 Å². The molecule has 134 valence electrons. The Balaban J connectivity index is 1.79. The molecule has 0 saturated carbocycles. The molecule has 0 radical (unpaired) electrons. The van der Waals surface area contributed by atoms with Gasteiger partial charge in [-0.05, 0) is 42.2 Å². The van der Waals surface area contributed by atoms with Crippen LogP contribution in [0.5, 0.6) is 0 Å². The van der Waals surface area contributed by atoms with Crippen LogP contribution in [0.1, 0.15) is 5.56 Å². The highest BCUT2D eigenvalue weighted by Gasteiger charge is 2.26. The van der Waals surface area contributed by atoms with E-state index in [-0.39, 0.29) is 5.75 Å². The zero-order valence-corrected chi connectivity index (χ0v) is 16.5. The number of sulfone groups is 1. The first kappa shape index (κ1) is 17.6. The molecule has 0 saturated heterocycles. The molecule has 4 nitrogen and oxygen atoms in total. The largest absolute Gasteiger partial charge is 0.351 e. The maximum atomic E-state index is 12.5. The van der Waals surface area contributed by atoms with Crippen LogP contribution in [-0.4, -0.2) is 32.0 Å². The van der Waals surface area contributed by atoms with Crippen molar-refractivity contribution in [3.63, 3.8) is 0 Å². The quantitative estimate of drug-likeness (QED) is 0.592. The fraction of sp³-hybridized carbons (Fsp3) is 0.211. The molecule has 1 aromatic heterocycles. The Bertz CT molecular complexity index is 1100. The predicted octanol–water partition coefficient (Wildman–Crippen LogP) is 4.40. The summed E-state index contributed by atoms with van der Waals surface area (Å²) in [5, 5.41) is 1.53. The number of aromatic nitrogens is 1. The zero-order valence-electron chi connectivity index (χ0n) is 14.1. The Morgan fingerprint density at radius 1 is 1.15 bits per heavy atom. The summed E-state index contributed by atoms with van der Waals surface area (Å²) < 4.78 is 25.1. The van der Waals surface area contributed by atoms with Crippen molar-refractivity contribution >= 4 is 49.9 Å². The van der Waals surface area contributed by atoms with E-state index in [1.54, 1.807) is 23.9 Å². The van der Waals surface area contributed by atoms with Crippen LogP contribution in [0.4, 0.5) is 5.82 Å². The second kappa shape index (κ2) is 6.76. The molecule has 1 aliphatic heterocycles. The first-order valence-corrected chi connectivity index (χ1v) is 11.4. The SMILES string of the molecule is CSc1ccc2nc(N3CCS(=O)(=O)c4ccccc4C3)cc(Cl)c2c1. The molecule has 2 aromatic carbocycles. The molecule has 0 atom stereocenters. The normalized spacial score (nSPS) is 16.3. The summed E-state index contributed by atoms with van der Waals surface area (Å²) in [6.07, 6.45) is 2.02. The summed E-state index contributed by atoms with van der Waals surface area (Å²) in [5.74, 6) is 0.763. The van der Waals surface area contributed by atoms with Crippen molar-refractivity contribution in [3.8, 4) is 0 Å². The molecule has 3 aromatic rings. The summed E-state index contributed by atoms with van der Waals surface area (Å²) in [6, 6.07) is 15.0. The summed E-state index contributed by atoms with van der Waals surface area (Å²) in [6.45, 7) is 0.877. The van der Waals surface area contributed by atoms with E-state index in [0.29, 0.717) is 28.8 Å². The van der Waals surface area contributed by atoms with E-state index in [1.165, 1.54) is 0 Å². The van der Waals surface area contributed by atoms with Crippen LogP contribution in [0.25, 0.3) is 10.9 Å². The highest BCUT2D eigenvalue weighted by molar-refractivity contribution is 7.98. The molecule has 7 heteroatoms. The van der Waals surface area contributed by atoms with Gasteiger partial charge in [0.25, 0.3) is 0 Å². The van der Waals surface area contributed by atoms with E-state index in [0.717, 1.165) is 21.4 Å². The number of pyridine rings is 1. The van der Waals surface area contributed by atoms with E-state index in [2.05, 4.69) is 0 Å². The Morgan fingerprint density at radius 3 is 2.77 bits per heavy atom. The molecule has 4 rings (SSSR count). The van der Waals surface area contributed by atoms with Gasteiger partial charge in [0.1, 0.15) is 5.82 Å². The molecule has 2 heterocycles. The highest BCUT2D eigenvalue weighted by Crippen LogP contribution is 2.32. The number of hydrogen-bond acceptors (Lipinski definition) is 5. The Hall–Kier alpha value is -1.76. The van der Waals surface area contributed by atoms with Gasteiger partial charge in [-0.15, -0.1) is 11.8 Å². The van der Waals surface area contributed by atoms with Gasteiger partial charge in [0, 0.05) is 23.4 Å². The summed E-state index contributed by atoms with van der Waals surface area (Å²) in [4.78, 5) is 8.26. The van der Waals surface area contributed by atoms with E-state index < -0.39 is 9.84 Å². The highest BCUT2D eigenvalue weighted by atomic mass is 35.5. The fourth-order valence-electron chi connectivity index (χ4n) is 3.20. The molecule has 0 bridgehead atoms. The summed E-state index contributed by atoms with van der Waals surface area (Å²) in [5.41, 5.74) is 1.60. The number of rotatable bonds is 2. The average Bonchev–Trinajstić information content (AvgIpc) is 2.78. The van der Waals surface area contributed by atoms with Gasteiger partial charge >= 0.3 is 0 Å². The van der Waals surface area contributed by atoms with E-state index in [9.17, 15) is 8.42 Å². The second-order valence-corrected chi connectivity index (χ2v) is 9.56. The van der Waals surface area contributed by atoms with Gasteiger partial charge in [0.15, 0.2) is 9.84 Å². The minimum atomic E-state index is -3.29. The van der Waals surface area contributed by atoms with Crippen molar-refractivity contribution < 1.29 is 8.42 Å². The van der Waals surface area contributed by atoms with Crippen molar-refractivity contribution in [1.82, 2.24) is 4.98 Å². The van der Waals surface area contributed by atoms with Crippen LogP contribution in [0.2, 0.25) is 5.02 Å². The van der Waals surface area contributed by atoms with E-state index in [4.69, 9.17) is 16.6 Å². The Labute approximate surface area is 162 Å². The molecular weight excluding hydrogens is 388 g/mol. The van der Waals surface area contributed by atoms with Gasteiger partial charge in [-0.2, -0.15) is 0 Å². The average molecular weight is 405 g/mol. The first-order chi connectivity index (χ1) is 12.5. The van der Waals surface area contributed by atoms with Gasteiger partial charge in [-0.25, -0.2) is 13.4 Å². The number of benzene rings is 2. The lowest BCUT2D eigenvalue weighted by molar-refractivity contribution is 0.596. The van der Waals surface area contributed by atoms with Crippen molar-refractivity contribution in [3.05, 3.63) is 59.1 Å². The van der Waals surface area contributed by atoms with Crippen molar-refractivity contribution in [2.45, 2.75) is 16.3 Å². The minimum absolute atomic E-state index is 0.0623. The third-order valence-electron chi connectivity index (χ3n) is 4.57. The minimum Gasteiger partial charge on any atom is -0.351 e. The van der Waals surface area contributed by atoms with Gasteiger partial charge in [-0.3, -0.25) is 0 Å². The molecule has 0 spiro atoms. The number of hydrogen-bond donors (Lipinski definition) is 0. The van der Waals surface area contributed by atoms with Gasteiger partial charge in [-0.1, -0.05) is 29.8 Å². The number of thioether (sulfide) groups is 1. The Morgan fingerprint density at radius 2 is 1.96 bits per heavy atom. The number of fused-ring (bicyclic) bond motifs is 2. The molecule has 0 unspecified atom stereocenters. The molecule has 0 aliphatic carbocycles. The lowest BCUT2D eigenvalue weighted by atomic mass is 10.2. The van der Waals surface area contributed by atoms with Crippen LogP contribution < -0.4 is 4.90 Å². The van der Waals surface area contributed by atoms with Crippen LogP contribution in [0.3, 0.4) is 0 Å². The lowest BCUT2D eigenvalue weighted by Crippen LogP contribution is -2.26. The molecule has 26 heavy (non-hydrogen) atoms. The van der Waals surface area contributed by atoms with E-state index in [1.807, 2.05) is 47.6 Å². The third-order valence-corrected chi connectivity index (χ3v) is 7.40. The third kappa shape index (κ3) is 3.17. The van der Waals surface area contributed by atoms with Crippen LogP contribution in [0, 0.1) is 0 Å². The van der Waals surface area contributed by atoms with E-state index >= 15 is 0 Å². The first-order valence-electron chi connectivity index (χ1n) is 8.18. The molecule has 1 aliphatic rings. The van der Waals surface area contributed by atoms with Crippen LogP contribution >= 0.6 is 23.4 Å². The smallest absolute Gasteiger partial charge is 0.180 e. The number of nitrogens with zero attached hydrogens (tertiary/aromatic N) is 2. The van der Waals surface area contributed by atoms with Gasteiger partial charge < -0.3 is 4.90 Å². The number of anilines is 1. The maximum Gasteiger partial charge on any atom is 0.180 e. The van der Waals surface area contributed by atoms with Crippen LogP contribution in [-0.2, 0) is 16.4 Å². The maximum absolute atomic E-state index is 12.5. The number of halogens is 1. The second-order valence-electron chi connectivity index (χ2n) is 6.19. The fourth-order valence-corrected chi connectivity index (χ4v) is 5.39. The molecule has 0 fully saturated rings. The van der Waals surface area contributed by atoms with Crippen molar-refractivity contribution in [2.24, 2.45) is 0 Å². The Kier molecular flexibility index (Phi) is 4.59. The molecule has 0 amide bonds. The van der Waals surface area contributed by atoms with Gasteiger partial charge in [0.05, 0.1) is 21.2 Å². The molecular formula is C19H17ClN2O2S2. The molecule has 0 N–H and O–H groups in total. The van der Waals surface area contributed by atoms with Crippen LogP contribution in [0.15, 0.2) is 58.3 Å².